The first-order valence-corrected chi connectivity index (χ1v) is 8.19. The maximum atomic E-state index is 13.5. The minimum atomic E-state index is -0.569. The van der Waals surface area contributed by atoms with Gasteiger partial charge in [-0.05, 0) is 17.7 Å². The van der Waals surface area contributed by atoms with Crippen LogP contribution in [0.2, 0.25) is 0 Å². The molecule has 2 aromatic heterocycles. The average molecular weight is 363 g/mol. The van der Waals surface area contributed by atoms with Gasteiger partial charge in [-0.2, -0.15) is 0 Å². The standard InChI is InChI=1S/C19H14FN5O2/c1-24-18(26)15-17(23-22-16(21-15)13-7-3-2-4-8-13)25(19(24)27)11-12-6-5-9-14(20)10-12/h2-10H,11H2,1H3. The molecule has 2 aromatic carbocycles. The van der Waals surface area contributed by atoms with Crippen molar-refractivity contribution in [3.05, 3.63) is 86.8 Å². The lowest BCUT2D eigenvalue weighted by Gasteiger charge is -2.11. The zero-order valence-electron chi connectivity index (χ0n) is 14.3. The molecule has 0 atom stereocenters. The van der Waals surface area contributed by atoms with Gasteiger partial charge < -0.3 is 0 Å². The van der Waals surface area contributed by atoms with E-state index in [1.165, 1.54) is 23.7 Å². The molecular weight excluding hydrogens is 349 g/mol. The van der Waals surface area contributed by atoms with Crippen LogP contribution in [0.25, 0.3) is 22.6 Å². The Morgan fingerprint density at radius 2 is 1.78 bits per heavy atom. The van der Waals surface area contributed by atoms with E-state index in [0.29, 0.717) is 11.1 Å². The summed E-state index contributed by atoms with van der Waals surface area (Å²) in [6.07, 6.45) is 0. The molecule has 0 spiro atoms. The fourth-order valence-electron chi connectivity index (χ4n) is 2.83. The molecule has 0 bridgehead atoms. The highest BCUT2D eigenvalue weighted by Gasteiger charge is 2.16. The summed E-state index contributed by atoms with van der Waals surface area (Å²) in [5.41, 5.74) is 0.232. The molecule has 134 valence electrons. The number of rotatable bonds is 3. The van der Waals surface area contributed by atoms with Gasteiger partial charge >= 0.3 is 5.69 Å². The SMILES string of the molecule is Cn1c(=O)c2nc(-c3ccccc3)nnc2n(Cc2cccc(F)c2)c1=O. The van der Waals surface area contributed by atoms with Crippen LogP contribution in [0.5, 0.6) is 0 Å². The van der Waals surface area contributed by atoms with Crippen molar-refractivity contribution in [2.24, 2.45) is 7.05 Å². The molecular formula is C19H14FN5O2. The van der Waals surface area contributed by atoms with Crippen molar-refractivity contribution in [2.45, 2.75) is 6.54 Å². The minimum Gasteiger partial charge on any atom is -0.270 e. The molecule has 0 N–H and O–H groups in total. The Morgan fingerprint density at radius 3 is 2.52 bits per heavy atom. The normalized spacial score (nSPS) is 11.0. The van der Waals surface area contributed by atoms with Crippen molar-refractivity contribution < 1.29 is 4.39 Å². The number of hydrogen-bond donors (Lipinski definition) is 0. The fraction of sp³-hybridized carbons (Fsp3) is 0.105. The topological polar surface area (TPSA) is 82.7 Å². The summed E-state index contributed by atoms with van der Waals surface area (Å²) in [7, 11) is 1.37. The summed E-state index contributed by atoms with van der Waals surface area (Å²) in [5.74, 6) is -0.124. The Bertz CT molecular complexity index is 1260. The molecule has 0 saturated heterocycles. The van der Waals surface area contributed by atoms with Crippen LogP contribution in [0.4, 0.5) is 4.39 Å². The predicted molar refractivity (Wildman–Crippen MR) is 97.8 cm³/mol. The molecule has 0 amide bonds. The van der Waals surface area contributed by atoms with Gasteiger partial charge in [0.2, 0.25) is 0 Å². The Labute approximate surface area is 152 Å². The van der Waals surface area contributed by atoms with Crippen LogP contribution < -0.4 is 11.2 Å². The number of aromatic nitrogens is 5. The third-order valence-corrected chi connectivity index (χ3v) is 4.21. The van der Waals surface area contributed by atoms with Crippen molar-refractivity contribution >= 4 is 11.2 Å². The van der Waals surface area contributed by atoms with E-state index in [1.807, 2.05) is 18.2 Å². The molecule has 0 fully saturated rings. The van der Waals surface area contributed by atoms with E-state index in [1.54, 1.807) is 24.3 Å². The highest BCUT2D eigenvalue weighted by atomic mass is 19.1. The van der Waals surface area contributed by atoms with E-state index in [0.717, 1.165) is 4.57 Å². The Morgan fingerprint density at radius 1 is 1.00 bits per heavy atom. The first-order valence-electron chi connectivity index (χ1n) is 8.19. The summed E-state index contributed by atoms with van der Waals surface area (Å²) < 4.78 is 15.7. The second-order valence-corrected chi connectivity index (χ2v) is 6.04. The van der Waals surface area contributed by atoms with Crippen LogP contribution >= 0.6 is 0 Å². The third kappa shape index (κ3) is 3.01. The first-order chi connectivity index (χ1) is 13.0. The van der Waals surface area contributed by atoms with E-state index < -0.39 is 17.1 Å². The molecule has 27 heavy (non-hydrogen) atoms. The third-order valence-electron chi connectivity index (χ3n) is 4.21. The van der Waals surface area contributed by atoms with Crippen LogP contribution in [0.1, 0.15) is 5.56 Å². The van der Waals surface area contributed by atoms with Crippen molar-refractivity contribution in [3.63, 3.8) is 0 Å². The summed E-state index contributed by atoms with van der Waals surface area (Å²) in [5, 5.41) is 8.15. The van der Waals surface area contributed by atoms with Gasteiger partial charge in [0.05, 0.1) is 6.54 Å². The number of hydrogen-bond acceptors (Lipinski definition) is 5. The molecule has 4 aromatic rings. The van der Waals surface area contributed by atoms with Gasteiger partial charge in [0.1, 0.15) is 5.82 Å². The summed E-state index contributed by atoms with van der Waals surface area (Å²) in [4.78, 5) is 29.5. The maximum absolute atomic E-state index is 13.5. The minimum absolute atomic E-state index is 0.0300. The predicted octanol–water partition coefficient (Wildman–Crippen LogP) is 1.74. The van der Waals surface area contributed by atoms with Gasteiger partial charge in [-0.25, -0.2) is 14.2 Å². The number of benzene rings is 2. The summed E-state index contributed by atoms with van der Waals surface area (Å²) >= 11 is 0. The lowest BCUT2D eigenvalue weighted by molar-refractivity contribution is 0.619. The van der Waals surface area contributed by atoms with Gasteiger partial charge in [0.25, 0.3) is 5.56 Å². The second kappa shape index (κ2) is 6.56. The Kier molecular flexibility index (Phi) is 4.08. The molecule has 8 heteroatoms. The number of halogens is 1. The van der Waals surface area contributed by atoms with Crippen molar-refractivity contribution in [1.29, 1.82) is 0 Å². The molecule has 0 aliphatic rings. The zero-order chi connectivity index (χ0) is 19.0. The van der Waals surface area contributed by atoms with Gasteiger partial charge in [-0.3, -0.25) is 13.9 Å². The molecule has 0 unspecified atom stereocenters. The van der Waals surface area contributed by atoms with Crippen LogP contribution in [0.15, 0.2) is 64.2 Å². The molecule has 0 aliphatic heterocycles. The van der Waals surface area contributed by atoms with Crippen molar-refractivity contribution in [3.8, 4) is 11.4 Å². The number of fused-ring (bicyclic) bond motifs is 1. The first kappa shape index (κ1) is 16.8. The maximum Gasteiger partial charge on any atom is 0.332 e. The quantitative estimate of drug-likeness (QED) is 0.554. The van der Waals surface area contributed by atoms with E-state index in [-0.39, 0.29) is 23.5 Å². The zero-order valence-corrected chi connectivity index (χ0v) is 14.3. The molecule has 0 radical (unpaired) electrons. The second-order valence-electron chi connectivity index (χ2n) is 6.04. The van der Waals surface area contributed by atoms with E-state index in [4.69, 9.17) is 0 Å². The Hall–Kier alpha value is -3.68. The van der Waals surface area contributed by atoms with Gasteiger partial charge in [0, 0.05) is 12.6 Å². The molecule has 0 saturated carbocycles. The van der Waals surface area contributed by atoms with Crippen LogP contribution in [0, 0.1) is 5.82 Å². The fourth-order valence-corrected chi connectivity index (χ4v) is 2.83. The molecule has 7 nitrogen and oxygen atoms in total. The van der Waals surface area contributed by atoms with E-state index in [9.17, 15) is 14.0 Å². The van der Waals surface area contributed by atoms with E-state index >= 15 is 0 Å². The molecule has 4 rings (SSSR count). The summed E-state index contributed by atoms with van der Waals surface area (Å²) in [6, 6.07) is 15.0. The van der Waals surface area contributed by atoms with Crippen LogP contribution in [0.3, 0.4) is 0 Å². The van der Waals surface area contributed by atoms with Gasteiger partial charge in [0.15, 0.2) is 17.0 Å². The highest BCUT2D eigenvalue weighted by molar-refractivity contribution is 5.71. The van der Waals surface area contributed by atoms with Gasteiger partial charge in [-0.15, -0.1) is 10.2 Å². The molecule has 0 aliphatic carbocycles. The average Bonchev–Trinajstić information content (AvgIpc) is 2.70. The Balaban J connectivity index is 1.94. The molecule has 2 heterocycles. The largest absolute Gasteiger partial charge is 0.332 e. The summed E-state index contributed by atoms with van der Waals surface area (Å²) in [6.45, 7) is 0.0439. The highest BCUT2D eigenvalue weighted by Crippen LogP contribution is 2.15. The van der Waals surface area contributed by atoms with E-state index in [2.05, 4.69) is 15.2 Å². The van der Waals surface area contributed by atoms with Crippen molar-refractivity contribution in [1.82, 2.24) is 24.3 Å². The van der Waals surface area contributed by atoms with Crippen LogP contribution in [-0.4, -0.2) is 24.3 Å². The smallest absolute Gasteiger partial charge is 0.270 e. The monoisotopic (exact) mass is 363 g/mol. The lowest BCUT2D eigenvalue weighted by Crippen LogP contribution is -2.39. The lowest BCUT2D eigenvalue weighted by atomic mass is 10.2. The van der Waals surface area contributed by atoms with Gasteiger partial charge in [-0.1, -0.05) is 42.5 Å². The van der Waals surface area contributed by atoms with Crippen molar-refractivity contribution in [2.75, 3.05) is 0 Å². The number of nitrogens with zero attached hydrogens (tertiary/aromatic N) is 5. The van der Waals surface area contributed by atoms with Crippen LogP contribution in [-0.2, 0) is 13.6 Å².